The molecule has 122 valence electrons. The van der Waals surface area contributed by atoms with E-state index in [4.69, 9.17) is 5.11 Å². The highest BCUT2D eigenvalue weighted by Crippen LogP contribution is 2.31. The molecular weight excluding hydrogens is 286 g/mol. The van der Waals surface area contributed by atoms with Crippen molar-refractivity contribution in [1.82, 2.24) is 10.6 Å². The lowest BCUT2D eigenvalue weighted by molar-refractivity contribution is -0.139. The summed E-state index contributed by atoms with van der Waals surface area (Å²) in [6, 6.07) is -0.487. The number of halogens is 2. The van der Waals surface area contributed by atoms with Gasteiger partial charge in [-0.05, 0) is 12.8 Å². The second-order valence-corrected chi connectivity index (χ2v) is 5.26. The van der Waals surface area contributed by atoms with Crippen molar-refractivity contribution in [3.8, 4) is 0 Å². The minimum atomic E-state index is -2.53. The maximum absolute atomic E-state index is 11.8. The zero-order valence-corrected chi connectivity index (χ0v) is 11.9. The van der Waals surface area contributed by atoms with Crippen LogP contribution in [0, 0.1) is 0 Å². The van der Waals surface area contributed by atoms with Crippen LogP contribution in [0.15, 0.2) is 0 Å². The van der Waals surface area contributed by atoms with Gasteiger partial charge in [0.05, 0.1) is 18.6 Å². The number of carbonyl (C=O) groups is 2. The number of hydrogen-bond donors (Lipinski definition) is 3. The quantitative estimate of drug-likeness (QED) is 0.596. The van der Waals surface area contributed by atoms with Gasteiger partial charge in [0.1, 0.15) is 6.61 Å². The molecule has 21 heavy (non-hydrogen) atoms. The fourth-order valence-electron chi connectivity index (χ4n) is 2.56. The van der Waals surface area contributed by atoms with Crippen molar-refractivity contribution in [2.24, 2.45) is 0 Å². The van der Waals surface area contributed by atoms with Gasteiger partial charge in [-0.3, -0.25) is 4.79 Å². The minimum Gasteiger partial charge on any atom is -0.481 e. The first-order valence-electron chi connectivity index (χ1n) is 7.07. The lowest BCUT2D eigenvalue weighted by atomic mass is 9.79. The number of hydrogen-bond acceptors (Lipinski definition) is 3. The third kappa shape index (κ3) is 7.22. The van der Waals surface area contributed by atoms with E-state index >= 15 is 0 Å². The molecule has 0 spiro atoms. The second kappa shape index (κ2) is 8.76. The predicted molar refractivity (Wildman–Crippen MR) is 71.4 cm³/mol. The van der Waals surface area contributed by atoms with E-state index in [0.29, 0.717) is 12.8 Å². The molecule has 0 saturated heterocycles. The molecule has 0 aromatic heterocycles. The van der Waals surface area contributed by atoms with Gasteiger partial charge in [0, 0.05) is 6.54 Å². The summed E-state index contributed by atoms with van der Waals surface area (Å²) in [4.78, 5) is 22.7. The summed E-state index contributed by atoms with van der Waals surface area (Å²) in [7, 11) is 0. The van der Waals surface area contributed by atoms with E-state index in [9.17, 15) is 18.4 Å². The molecular formula is C13H22F2N2O4. The molecule has 1 saturated carbocycles. The number of aliphatic carboxylic acids is 1. The molecule has 0 aromatic rings. The highest BCUT2D eigenvalue weighted by atomic mass is 19.3. The van der Waals surface area contributed by atoms with Gasteiger partial charge in [0.25, 0.3) is 6.43 Å². The fourth-order valence-corrected chi connectivity index (χ4v) is 2.56. The summed E-state index contributed by atoms with van der Waals surface area (Å²) in [5.74, 6) is -0.947. The summed E-state index contributed by atoms with van der Waals surface area (Å²) in [5, 5.41) is 14.2. The Labute approximate surface area is 122 Å². The number of urea groups is 1. The smallest absolute Gasteiger partial charge is 0.315 e. The Morgan fingerprint density at radius 2 is 1.90 bits per heavy atom. The number of nitrogens with one attached hydrogen (secondary N) is 2. The van der Waals surface area contributed by atoms with Gasteiger partial charge in [0.2, 0.25) is 0 Å². The van der Waals surface area contributed by atoms with Crippen molar-refractivity contribution in [3.63, 3.8) is 0 Å². The maximum atomic E-state index is 11.8. The van der Waals surface area contributed by atoms with E-state index in [1.165, 1.54) is 0 Å². The first-order valence-corrected chi connectivity index (χ1v) is 7.07. The number of carboxylic acids is 1. The summed E-state index contributed by atoms with van der Waals surface area (Å²) >= 11 is 0. The first-order chi connectivity index (χ1) is 9.93. The molecule has 0 unspecified atom stereocenters. The molecule has 1 aliphatic carbocycles. The molecule has 0 aliphatic heterocycles. The SMILES string of the molecule is O=C(O)CC1(NC(=O)NCCOCC(F)F)CCCCC1. The van der Waals surface area contributed by atoms with Gasteiger partial charge in [-0.25, -0.2) is 13.6 Å². The van der Waals surface area contributed by atoms with Crippen LogP contribution in [0.25, 0.3) is 0 Å². The van der Waals surface area contributed by atoms with Crippen LogP contribution >= 0.6 is 0 Å². The van der Waals surface area contributed by atoms with Crippen LogP contribution in [0.2, 0.25) is 0 Å². The average Bonchev–Trinajstić information content (AvgIpc) is 2.37. The topological polar surface area (TPSA) is 87.7 Å². The molecule has 3 N–H and O–H groups in total. The molecule has 1 rings (SSSR count). The number of ether oxygens (including phenoxy) is 1. The summed E-state index contributed by atoms with van der Waals surface area (Å²) < 4.78 is 28.3. The predicted octanol–water partition coefficient (Wildman–Crippen LogP) is 1.74. The Hall–Kier alpha value is -1.44. The van der Waals surface area contributed by atoms with Crippen LogP contribution in [0.5, 0.6) is 0 Å². The van der Waals surface area contributed by atoms with E-state index in [1.54, 1.807) is 0 Å². The number of carbonyl (C=O) groups excluding carboxylic acids is 1. The van der Waals surface area contributed by atoms with E-state index in [1.807, 2.05) is 0 Å². The monoisotopic (exact) mass is 308 g/mol. The molecule has 0 atom stereocenters. The Morgan fingerprint density at radius 1 is 1.24 bits per heavy atom. The zero-order chi connectivity index (χ0) is 15.7. The minimum absolute atomic E-state index is 0.0102. The van der Waals surface area contributed by atoms with Crippen LogP contribution in [-0.2, 0) is 9.53 Å². The molecule has 0 heterocycles. The third-order valence-corrected chi connectivity index (χ3v) is 3.45. The van der Waals surface area contributed by atoms with E-state index in [-0.39, 0.29) is 19.6 Å². The van der Waals surface area contributed by atoms with E-state index in [2.05, 4.69) is 15.4 Å². The van der Waals surface area contributed by atoms with Gasteiger partial charge >= 0.3 is 12.0 Å². The van der Waals surface area contributed by atoms with Crippen molar-refractivity contribution in [2.45, 2.75) is 50.5 Å². The van der Waals surface area contributed by atoms with Crippen LogP contribution < -0.4 is 10.6 Å². The van der Waals surface area contributed by atoms with Gasteiger partial charge in [-0.1, -0.05) is 19.3 Å². The lowest BCUT2D eigenvalue weighted by Gasteiger charge is -2.36. The lowest BCUT2D eigenvalue weighted by Crippen LogP contribution is -2.54. The molecule has 0 bridgehead atoms. The molecule has 2 amide bonds. The Morgan fingerprint density at radius 3 is 2.48 bits per heavy atom. The van der Waals surface area contributed by atoms with Gasteiger partial charge in [0.15, 0.2) is 0 Å². The fraction of sp³-hybridized carbons (Fsp3) is 0.846. The Balaban J connectivity index is 2.33. The highest BCUT2D eigenvalue weighted by molar-refractivity contribution is 5.76. The Bertz CT molecular complexity index is 347. The normalized spacial score (nSPS) is 17.5. The van der Waals surface area contributed by atoms with Crippen molar-refractivity contribution >= 4 is 12.0 Å². The number of amides is 2. The van der Waals surface area contributed by atoms with Crippen LogP contribution in [0.1, 0.15) is 38.5 Å². The average molecular weight is 308 g/mol. The van der Waals surface area contributed by atoms with Gasteiger partial charge in [-0.2, -0.15) is 0 Å². The number of rotatable bonds is 8. The molecule has 1 fully saturated rings. The standard InChI is InChI=1S/C13H22F2N2O4/c14-10(15)9-21-7-6-16-12(20)17-13(8-11(18)19)4-2-1-3-5-13/h10H,1-9H2,(H,18,19)(H2,16,17,20). The second-order valence-electron chi connectivity index (χ2n) is 5.26. The van der Waals surface area contributed by atoms with Gasteiger partial charge < -0.3 is 20.5 Å². The van der Waals surface area contributed by atoms with E-state index < -0.39 is 30.6 Å². The van der Waals surface area contributed by atoms with Crippen molar-refractivity contribution < 1.29 is 28.2 Å². The largest absolute Gasteiger partial charge is 0.481 e. The molecule has 6 nitrogen and oxygen atoms in total. The molecule has 0 radical (unpaired) electrons. The first kappa shape index (κ1) is 17.6. The molecule has 8 heteroatoms. The number of carboxylic acid groups (broad SMARTS) is 1. The van der Waals surface area contributed by atoms with Crippen LogP contribution in [0.3, 0.4) is 0 Å². The molecule has 1 aliphatic rings. The van der Waals surface area contributed by atoms with E-state index in [0.717, 1.165) is 19.3 Å². The third-order valence-electron chi connectivity index (χ3n) is 3.45. The van der Waals surface area contributed by atoms with Crippen molar-refractivity contribution in [1.29, 1.82) is 0 Å². The maximum Gasteiger partial charge on any atom is 0.315 e. The summed E-state index contributed by atoms with van der Waals surface area (Å²) in [6.45, 7) is -0.572. The van der Waals surface area contributed by atoms with Crippen molar-refractivity contribution in [3.05, 3.63) is 0 Å². The van der Waals surface area contributed by atoms with Crippen LogP contribution in [0.4, 0.5) is 13.6 Å². The number of alkyl halides is 2. The van der Waals surface area contributed by atoms with Crippen LogP contribution in [-0.4, -0.2) is 48.8 Å². The summed E-state index contributed by atoms with van der Waals surface area (Å²) in [5.41, 5.74) is -0.710. The van der Waals surface area contributed by atoms with Gasteiger partial charge in [-0.15, -0.1) is 0 Å². The Kier molecular flexibility index (Phi) is 7.35. The highest BCUT2D eigenvalue weighted by Gasteiger charge is 2.35. The zero-order valence-electron chi connectivity index (χ0n) is 11.9. The molecule has 0 aromatic carbocycles. The summed E-state index contributed by atoms with van der Waals surface area (Å²) in [6.07, 6.45) is 1.42. The van der Waals surface area contributed by atoms with Crippen molar-refractivity contribution in [2.75, 3.05) is 19.8 Å².